The van der Waals surface area contributed by atoms with E-state index in [1.165, 1.54) is 11.1 Å². The molecule has 1 atom stereocenters. The number of hydrogen-bond acceptors (Lipinski definition) is 3. The molecule has 1 aromatic rings. The Morgan fingerprint density at radius 3 is 2.74 bits per heavy atom. The van der Waals surface area contributed by atoms with Gasteiger partial charge in [0.25, 0.3) is 0 Å². The summed E-state index contributed by atoms with van der Waals surface area (Å²) in [6.45, 7) is 4.55. The van der Waals surface area contributed by atoms with E-state index in [-0.39, 0.29) is 5.91 Å². The van der Waals surface area contributed by atoms with E-state index in [1.807, 2.05) is 0 Å². The summed E-state index contributed by atoms with van der Waals surface area (Å²) in [4.78, 5) is 13.2. The van der Waals surface area contributed by atoms with Crippen LogP contribution in [0.3, 0.4) is 0 Å². The topological polar surface area (TPSA) is 52.6 Å². The quantitative estimate of drug-likeness (QED) is 0.806. The number of nitrogens with one attached hydrogen (secondary N) is 1. The second kappa shape index (κ2) is 6.68. The van der Waals surface area contributed by atoms with Gasteiger partial charge in [0, 0.05) is 32.6 Å². The van der Waals surface area contributed by atoms with Crippen molar-refractivity contribution in [3.05, 3.63) is 35.4 Å². The van der Waals surface area contributed by atoms with Crippen LogP contribution in [-0.2, 0) is 11.3 Å². The molecule has 19 heavy (non-hydrogen) atoms. The number of carbonyl (C=O) groups is 1. The number of β-amino-alcohol motifs (C(OH)–C–C–N with tert-alkyl or cyclic N) is 1. The molecule has 4 nitrogen and oxygen atoms in total. The van der Waals surface area contributed by atoms with Gasteiger partial charge in [-0.15, -0.1) is 0 Å². The zero-order valence-electron chi connectivity index (χ0n) is 11.4. The molecule has 2 N–H and O–H groups in total. The minimum Gasteiger partial charge on any atom is -0.390 e. The molecule has 0 bridgehead atoms. The number of hydrogen-bond donors (Lipinski definition) is 2. The van der Waals surface area contributed by atoms with E-state index in [4.69, 9.17) is 0 Å². The fourth-order valence-corrected chi connectivity index (χ4v) is 2.31. The van der Waals surface area contributed by atoms with Crippen LogP contribution in [0.2, 0.25) is 0 Å². The van der Waals surface area contributed by atoms with Crippen molar-refractivity contribution in [2.75, 3.05) is 19.6 Å². The maximum absolute atomic E-state index is 11.4. The second-order valence-corrected chi connectivity index (χ2v) is 5.21. The molecular formula is C15H22N2O2. The monoisotopic (exact) mass is 262 g/mol. The zero-order valence-corrected chi connectivity index (χ0v) is 11.4. The molecule has 1 aromatic carbocycles. The fourth-order valence-electron chi connectivity index (χ4n) is 2.31. The normalized spacial score (nSPS) is 16.9. The Morgan fingerprint density at radius 1 is 1.37 bits per heavy atom. The molecule has 0 spiro atoms. The minimum absolute atomic E-state index is 0.164. The first-order chi connectivity index (χ1) is 9.15. The first-order valence-electron chi connectivity index (χ1n) is 6.87. The van der Waals surface area contributed by atoms with E-state index < -0.39 is 6.10 Å². The van der Waals surface area contributed by atoms with E-state index in [2.05, 4.69) is 36.5 Å². The van der Waals surface area contributed by atoms with Crippen molar-refractivity contribution in [1.29, 1.82) is 0 Å². The number of nitrogens with zero attached hydrogens (tertiary/aromatic N) is 1. The average molecular weight is 262 g/mol. The average Bonchev–Trinajstić information content (AvgIpc) is 2.78. The van der Waals surface area contributed by atoms with E-state index in [0.717, 1.165) is 19.5 Å². The van der Waals surface area contributed by atoms with Gasteiger partial charge in [-0.25, -0.2) is 0 Å². The minimum atomic E-state index is -0.493. The Morgan fingerprint density at radius 2 is 2.11 bits per heavy atom. The number of benzene rings is 1. The lowest BCUT2D eigenvalue weighted by molar-refractivity contribution is -0.128. The lowest BCUT2D eigenvalue weighted by Crippen LogP contribution is -2.38. The van der Waals surface area contributed by atoms with Crippen LogP contribution >= 0.6 is 0 Å². The van der Waals surface area contributed by atoms with Gasteiger partial charge in [-0.3, -0.25) is 4.79 Å². The van der Waals surface area contributed by atoms with Gasteiger partial charge in [-0.05, 0) is 18.9 Å². The summed E-state index contributed by atoms with van der Waals surface area (Å²) in [5.74, 6) is 0.164. The number of amides is 1. The van der Waals surface area contributed by atoms with E-state index in [9.17, 15) is 9.90 Å². The Bertz CT molecular complexity index is 417. The molecule has 1 fully saturated rings. The number of aliphatic hydroxyl groups is 1. The maximum atomic E-state index is 11.4. The van der Waals surface area contributed by atoms with Crippen LogP contribution in [-0.4, -0.2) is 41.7 Å². The molecule has 0 aliphatic carbocycles. The van der Waals surface area contributed by atoms with E-state index >= 15 is 0 Å². The molecular weight excluding hydrogens is 240 g/mol. The second-order valence-electron chi connectivity index (χ2n) is 5.21. The smallest absolute Gasteiger partial charge is 0.222 e. The molecule has 1 saturated heterocycles. The molecule has 0 saturated carbocycles. The standard InChI is InChI=1S/C15H22N2O2/c1-12-4-6-13(7-5-12)9-16-10-14(18)11-17-8-2-3-15(17)19/h4-7,14,16,18H,2-3,8-11H2,1H3/t14-/m0/s1. The summed E-state index contributed by atoms with van der Waals surface area (Å²) in [6.07, 6.45) is 1.05. The largest absolute Gasteiger partial charge is 0.390 e. The lowest BCUT2D eigenvalue weighted by atomic mass is 10.1. The Kier molecular flexibility index (Phi) is 4.93. The Labute approximate surface area is 114 Å². The van der Waals surface area contributed by atoms with Crippen LogP contribution in [0.4, 0.5) is 0 Å². The van der Waals surface area contributed by atoms with Crippen molar-refractivity contribution < 1.29 is 9.90 Å². The summed E-state index contributed by atoms with van der Waals surface area (Å²) in [7, 11) is 0. The Balaban J connectivity index is 1.67. The summed E-state index contributed by atoms with van der Waals surface area (Å²) in [6, 6.07) is 8.32. The summed E-state index contributed by atoms with van der Waals surface area (Å²) in [5, 5.41) is 13.1. The first-order valence-corrected chi connectivity index (χ1v) is 6.87. The highest BCUT2D eigenvalue weighted by Crippen LogP contribution is 2.09. The van der Waals surface area contributed by atoms with Crippen molar-refractivity contribution in [3.8, 4) is 0 Å². The number of rotatable bonds is 6. The number of aliphatic hydroxyl groups excluding tert-OH is 1. The molecule has 1 heterocycles. The van der Waals surface area contributed by atoms with Gasteiger partial charge in [-0.2, -0.15) is 0 Å². The van der Waals surface area contributed by atoms with Crippen molar-refractivity contribution in [3.63, 3.8) is 0 Å². The van der Waals surface area contributed by atoms with E-state index in [1.54, 1.807) is 4.90 Å². The number of aryl methyl sites for hydroxylation is 1. The van der Waals surface area contributed by atoms with E-state index in [0.29, 0.717) is 19.5 Å². The van der Waals surface area contributed by atoms with Crippen LogP contribution in [0, 0.1) is 6.92 Å². The maximum Gasteiger partial charge on any atom is 0.222 e. The predicted molar refractivity (Wildman–Crippen MR) is 74.7 cm³/mol. The first kappa shape index (κ1) is 14.0. The third-order valence-electron chi connectivity index (χ3n) is 3.43. The number of carbonyl (C=O) groups excluding carboxylic acids is 1. The van der Waals surface area contributed by atoms with Crippen molar-refractivity contribution >= 4 is 5.91 Å². The summed E-state index contributed by atoms with van der Waals surface area (Å²) < 4.78 is 0. The molecule has 4 heteroatoms. The molecule has 0 aromatic heterocycles. The van der Waals surface area contributed by atoms with Gasteiger partial charge in [-0.1, -0.05) is 29.8 Å². The van der Waals surface area contributed by atoms with Crippen LogP contribution in [0.5, 0.6) is 0 Å². The molecule has 2 rings (SSSR count). The van der Waals surface area contributed by atoms with Crippen LogP contribution in [0.25, 0.3) is 0 Å². The zero-order chi connectivity index (χ0) is 13.7. The highest BCUT2D eigenvalue weighted by atomic mass is 16.3. The van der Waals surface area contributed by atoms with Crippen molar-refractivity contribution in [1.82, 2.24) is 10.2 Å². The van der Waals surface area contributed by atoms with Gasteiger partial charge in [0.05, 0.1) is 6.10 Å². The lowest BCUT2D eigenvalue weighted by Gasteiger charge is -2.20. The van der Waals surface area contributed by atoms with Crippen LogP contribution < -0.4 is 5.32 Å². The van der Waals surface area contributed by atoms with Crippen molar-refractivity contribution in [2.24, 2.45) is 0 Å². The SMILES string of the molecule is Cc1ccc(CNC[C@H](O)CN2CCCC2=O)cc1. The van der Waals surface area contributed by atoms with Gasteiger partial charge >= 0.3 is 0 Å². The summed E-state index contributed by atoms with van der Waals surface area (Å²) >= 11 is 0. The third kappa shape index (κ3) is 4.33. The van der Waals surface area contributed by atoms with Crippen LogP contribution in [0.15, 0.2) is 24.3 Å². The molecule has 1 aliphatic rings. The molecule has 1 aliphatic heterocycles. The fraction of sp³-hybridized carbons (Fsp3) is 0.533. The molecule has 104 valence electrons. The molecule has 0 unspecified atom stereocenters. The highest BCUT2D eigenvalue weighted by molar-refractivity contribution is 5.78. The van der Waals surface area contributed by atoms with Gasteiger partial charge < -0.3 is 15.3 Å². The number of likely N-dealkylation sites (tertiary alicyclic amines) is 1. The predicted octanol–water partition coefficient (Wildman–Crippen LogP) is 1.07. The summed E-state index contributed by atoms with van der Waals surface area (Å²) in [5.41, 5.74) is 2.45. The van der Waals surface area contributed by atoms with Gasteiger partial charge in [0.15, 0.2) is 0 Å². The van der Waals surface area contributed by atoms with Gasteiger partial charge in [0.1, 0.15) is 0 Å². The molecule has 0 radical (unpaired) electrons. The third-order valence-corrected chi connectivity index (χ3v) is 3.43. The highest BCUT2D eigenvalue weighted by Gasteiger charge is 2.22. The Hall–Kier alpha value is -1.39. The molecule has 1 amide bonds. The van der Waals surface area contributed by atoms with Crippen molar-refractivity contribution in [2.45, 2.75) is 32.4 Å². The van der Waals surface area contributed by atoms with Crippen LogP contribution in [0.1, 0.15) is 24.0 Å². The van der Waals surface area contributed by atoms with Gasteiger partial charge in [0.2, 0.25) is 5.91 Å².